The fourth-order valence-corrected chi connectivity index (χ4v) is 2.32. The Morgan fingerprint density at radius 1 is 1.53 bits per heavy atom. The molecule has 1 aliphatic heterocycles. The average molecular weight is 230 g/mol. The third-order valence-electron chi connectivity index (χ3n) is 2.27. The summed E-state index contributed by atoms with van der Waals surface area (Å²) in [6.07, 6.45) is 0.237. The summed E-state index contributed by atoms with van der Waals surface area (Å²) < 4.78 is 5.83. The summed E-state index contributed by atoms with van der Waals surface area (Å²) in [5.74, 6) is 0. The molecule has 1 rings (SSSR count). The first-order valence-electron chi connectivity index (χ1n) is 5.53. The van der Waals surface area contributed by atoms with Gasteiger partial charge >= 0.3 is 0 Å². The Kier molecular flexibility index (Phi) is 3.95. The van der Waals surface area contributed by atoms with Crippen molar-refractivity contribution in [2.75, 3.05) is 13.1 Å². The van der Waals surface area contributed by atoms with E-state index in [1.165, 1.54) is 0 Å². The number of hydrogen-bond donors (Lipinski definition) is 1. The Morgan fingerprint density at radius 3 is 2.60 bits per heavy atom. The number of hydrogen-bond acceptors (Lipinski definition) is 2. The second kappa shape index (κ2) is 4.66. The quantitative estimate of drug-likeness (QED) is 0.694. The molecule has 0 aliphatic carbocycles. The molecule has 0 radical (unpaired) electrons. The fraction of sp³-hybridized carbons (Fsp3) is 0.909. The number of ether oxygens (including phenoxy) is 1. The van der Waals surface area contributed by atoms with Gasteiger partial charge in [-0.15, -0.1) is 0 Å². The second-order valence-electron chi connectivity index (χ2n) is 5.17. The van der Waals surface area contributed by atoms with Crippen LogP contribution < -0.4 is 5.32 Å². The molecule has 15 heavy (non-hydrogen) atoms. The smallest absolute Gasteiger partial charge is 0.169 e. The summed E-state index contributed by atoms with van der Waals surface area (Å²) in [6, 6.07) is 0.388. The predicted molar refractivity (Wildman–Crippen MR) is 67.1 cm³/mol. The molecule has 1 N–H and O–H groups in total. The summed E-state index contributed by atoms with van der Waals surface area (Å²) in [6.45, 7) is 12.2. The van der Waals surface area contributed by atoms with Crippen LogP contribution in [0.15, 0.2) is 0 Å². The van der Waals surface area contributed by atoms with E-state index in [1.807, 2.05) is 0 Å². The lowest BCUT2D eigenvalue weighted by Crippen LogP contribution is -2.56. The van der Waals surface area contributed by atoms with E-state index < -0.39 is 0 Å². The molecule has 1 saturated heterocycles. The van der Waals surface area contributed by atoms with Crippen LogP contribution in [0.25, 0.3) is 0 Å². The van der Waals surface area contributed by atoms with E-state index >= 15 is 0 Å². The Hall–Kier alpha value is -0.350. The maximum Gasteiger partial charge on any atom is 0.169 e. The number of rotatable bonds is 1. The van der Waals surface area contributed by atoms with Gasteiger partial charge in [0.2, 0.25) is 0 Å². The number of morpholine rings is 1. The lowest BCUT2D eigenvalue weighted by molar-refractivity contribution is -0.112. The van der Waals surface area contributed by atoms with Gasteiger partial charge in [0, 0.05) is 19.1 Å². The van der Waals surface area contributed by atoms with Gasteiger partial charge in [-0.2, -0.15) is 0 Å². The zero-order chi connectivity index (χ0) is 11.6. The van der Waals surface area contributed by atoms with Crippen molar-refractivity contribution in [3.8, 4) is 0 Å². The highest BCUT2D eigenvalue weighted by Crippen LogP contribution is 2.20. The second-order valence-corrected chi connectivity index (χ2v) is 5.56. The molecule has 0 aromatic heterocycles. The first kappa shape index (κ1) is 12.7. The molecule has 0 aromatic rings. The minimum atomic E-state index is -0.111. The SMILES string of the molecule is CC(C)NC(=S)N1CC(C)OC(C)(C)C1. The van der Waals surface area contributed by atoms with Crippen LogP contribution in [0.5, 0.6) is 0 Å². The highest BCUT2D eigenvalue weighted by atomic mass is 32.1. The Labute approximate surface area is 98.2 Å². The number of nitrogens with zero attached hydrogens (tertiary/aromatic N) is 1. The van der Waals surface area contributed by atoms with Gasteiger partial charge in [0.15, 0.2) is 5.11 Å². The van der Waals surface area contributed by atoms with Crippen LogP contribution in [0, 0.1) is 0 Å². The van der Waals surface area contributed by atoms with Crippen molar-refractivity contribution < 1.29 is 4.74 Å². The zero-order valence-corrected chi connectivity index (χ0v) is 11.1. The minimum absolute atomic E-state index is 0.111. The van der Waals surface area contributed by atoms with Crippen LogP contribution in [0.4, 0.5) is 0 Å². The van der Waals surface area contributed by atoms with E-state index in [-0.39, 0.29) is 11.7 Å². The lowest BCUT2D eigenvalue weighted by Gasteiger charge is -2.43. The molecule has 1 atom stereocenters. The summed E-state index contributed by atoms with van der Waals surface area (Å²) in [5, 5.41) is 4.11. The van der Waals surface area contributed by atoms with Crippen molar-refractivity contribution in [2.45, 2.75) is 52.4 Å². The van der Waals surface area contributed by atoms with Gasteiger partial charge in [-0.25, -0.2) is 0 Å². The van der Waals surface area contributed by atoms with Crippen LogP contribution in [0.2, 0.25) is 0 Å². The molecule has 1 heterocycles. The average Bonchev–Trinajstić information content (AvgIpc) is 1.98. The summed E-state index contributed by atoms with van der Waals surface area (Å²) >= 11 is 5.36. The molecule has 0 aromatic carbocycles. The fourth-order valence-electron chi connectivity index (χ4n) is 1.95. The van der Waals surface area contributed by atoms with Crippen LogP contribution >= 0.6 is 12.2 Å². The van der Waals surface area contributed by atoms with E-state index in [4.69, 9.17) is 17.0 Å². The van der Waals surface area contributed by atoms with Gasteiger partial charge in [0.1, 0.15) is 0 Å². The van der Waals surface area contributed by atoms with Crippen molar-refractivity contribution in [3.05, 3.63) is 0 Å². The Balaban J connectivity index is 2.58. The maximum atomic E-state index is 5.83. The molecule has 0 amide bonds. The third-order valence-corrected chi connectivity index (χ3v) is 2.64. The first-order valence-corrected chi connectivity index (χ1v) is 5.94. The Morgan fingerprint density at radius 2 is 2.13 bits per heavy atom. The van der Waals surface area contributed by atoms with E-state index in [2.05, 4.69) is 44.8 Å². The Bertz CT molecular complexity index is 241. The molecule has 3 nitrogen and oxygen atoms in total. The van der Waals surface area contributed by atoms with Crippen molar-refractivity contribution in [1.82, 2.24) is 10.2 Å². The van der Waals surface area contributed by atoms with Gasteiger partial charge in [0.05, 0.1) is 11.7 Å². The lowest BCUT2D eigenvalue weighted by atomic mass is 10.1. The number of nitrogens with one attached hydrogen (secondary N) is 1. The third kappa shape index (κ3) is 3.95. The molecule has 88 valence electrons. The first-order chi connectivity index (χ1) is 6.80. The summed E-state index contributed by atoms with van der Waals surface area (Å²) in [5.41, 5.74) is -0.111. The maximum absolute atomic E-state index is 5.83. The van der Waals surface area contributed by atoms with Crippen molar-refractivity contribution in [2.24, 2.45) is 0 Å². The highest BCUT2D eigenvalue weighted by Gasteiger charge is 2.32. The molecule has 1 aliphatic rings. The molecule has 0 bridgehead atoms. The normalized spacial score (nSPS) is 25.5. The van der Waals surface area contributed by atoms with Crippen LogP contribution in [-0.2, 0) is 4.74 Å². The van der Waals surface area contributed by atoms with Crippen molar-refractivity contribution in [3.63, 3.8) is 0 Å². The van der Waals surface area contributed by atoms with Gasteiger partial charge in [-0.1, -0.05) is 0 Å². The standard InChI is InChI=1S/C11H22N2OS/c1-8(2)12-10(15)13-6-9(3)14-11(4,5)7-13/h8-9H,6-7H2,1-5H3,(H,12,15). The van der Waals surface area contributed by atoms with Crippen molar-refractivity contribution >= 4 is 17.3 Å². The largest absolute Gasteiger partial charge is 0.369 e. The van der Waals surface area contributed by atoms with E-state index in [0.717, 1.165) is 18.2 Å². The van der Waals surface area contributed by atoms with E-state index in [9.17, 15) is 0 Å². The van der Waals surface area contributed by atoms with Gasteiger partial charge < -0.3 is 15.0 Å². The molecule has 1 unspecified atom stereocenters. The van der Waals surface area contributed by atoms with E-state index in [0.29, 0.717) is 6.04 Å². The molecule has 0 spiro atoms. The van der Waals surface area contributed by atoms with Crippen LogP contribution in [-0.4, -0.2) is 40.8 Å². The minimum Gasteiger partial charge on any atom is -0.369 e. The molecular weight excluding hydrogens is 208 g/mol. The molecule has 4 heteroatoms. The predicted octanol–water partition coefficient (Wildman–Crippen LogP) is 1.77. The highest BCUT2D eigenvalue weighted by molar-refractivity contribution is 7.80. The van der Waals surface area contributed by atoms with Crippen LogP contribution in [0.1, 0.15) is 34.6 Å². The number of thiocarbonyl (C=S) groups is 1. The van der Waals surface area contributed by atoms with Crippen LogP contribution in [0.3, 0.4) is 0 Å². The molecule has 0 saturated carbocycles. The monoisotopic (exact) mass is 230 g/mol. The summed E-state index contributed by atoms with van der Waals surface area (Å²) in [7, 11) is 0. The molecular formula is C11H22N2OS. The van der Waals surface area contributed by atoms with Gasteiger partial charge in [-0.3, -0.25) is 0 Å². The van der Waals surface area contributed by atoms with Gasteiger partial charge in [0.25, 0.3) is 0 Å². The van der Waals surface area contributed by atoms with E-state index in [1.54, 1.807) is 0 Å². The molecule has 1 fully saturated rings. The van der Waals surface area contributed by atoms with Crippen molar-refractivity contribution in [1.29, 1.82) is 0 Å². The zero-order valence-electron chi connectivity index (χ0n) is 10.3. The topological polar surface area (TPSA) is 24.5 Å². The van der Waals surface area contributed by atoms with Gasteiger partial charge in [-0.05, 0) is 46.8 Å². The summed E-state index contributed by atoms with van der Waals surface area (Å²) in [4.78, 5) is 2.20.